The Morgan fingerprint density at radius 2 is 2.33 bits per heavy atom. The molecule has 0 aromatic heterocycles. The minimum Gasteiger partial charge on any atom is -0.211 e. The Bertz CT molecular complexity index is 222. The summed E-state index contributed by atoms with van der Waals surface area (Å²) in [5.74, 6) is 0. The molecule has 0 N–H and O–H groups in total. The molecule has 0 aliphatic carbocycles. The van der Waals surface area contributed by atoms with E-state index in [1.807, 2.05) is 32.9 Å². The number of hydrogen-bond acceptors (Lipinski definition) is 2. The van der Waals surface area contributed by atoms with Crippen LogP contribution in [0.4, 0.5) is 0 Å². The molecule has 1 unspecified atom stereocenters. The minimum atomic E-state index is 0.0442. The molecule has 0 aliphatic heterocycles. The second-order valence-corrected chi connectivity index (χ2v) is 2.75. The van der Waals surface area contributed by atoms with Crippen LogP contribution < -0.4 is 0 Å². The highest BCUT2D eigenvalue weighted by atomic mass is 16.1. The van der Waals surface area contributed by atoms with Gasteiger partial charge in [0.05, 0.1) is 6.04 Å². The third-order valence-electron chi connectivity index (χ3n) is 1.48. The van der Waals surface area contributed by atoms with Crippen LogP contribution in [0.2, 0.25) is 0 Å². The molecule has 0 saturated carbocycles. The van der Waals surface area contributed by atoms with Crippen molar-refractivity contribution in [1.82, 2.24) is 0 Å². The van der Waals surface area contributed by atoms with E-state index in [9.17, 15) is 4.79 Å². The van der Waals surface area contributed by atoms with Crippen LogP contribution in [0.5, 0.6) is 0 Å². The Morgan fingerprint density at radius 3 is 2.83 bits per heavy atom. The van der Waals surface area contributed by atoms with E-state index in [1.165, 1.54) is 5.57 Å². The second-order valence-electron chi connectivity index (χ2n) is 2.75. The van der Waals surface area contributed by atoms with Gasteiger partial charge in [0.25, 0.3) is 0 Å². The highest BCUT2D eigenvalue weighted by molar-refractivity contribution is 5.33. The molecular weight excluding hydrogens is 150 g/mol. The van der Waals surface area contributed by atoms with Gasteiger partial charge < -0.3 is 0 Å². The van der Waals surface area contributed by atoms with Crippen molar-refractivity contribution < 1.29 is 4.79 Å². The summed E-state index contributed by atoms with van der Waals surface area (Å²) in [7, 11) is 0. The van der Waals surface area contributed by atoms with Crippen LogP contribution in [0, 0.1) is 0 Å². The molecule has 2 nitrogen and oxygen atoms in total. The van der Waals surface area contributed by atoms with E-state index < -0.39 is 0 Å². The van der Waals surface area contributed by atoms with Crippen LogP contribution in [0.25, 0.3) is 0 Å². The summed E-state index contributed by atoms with van der Waals surface area (Å²) in [6, 6.07) is 0.0442. The third kappa shape index (κ3) is 5.63. The summed E-state index contributed by atoms with van der Waals surface area (Å²) in [6.07, 6.45) is 8.42. The molecule has 0 heterocycles. The summed E-state index contributed by atoms with van der Waals surface area (Å²) in [4.78, 5) is 13.4. The van der Waals surface area contributed by atoms with E-state index in [0.717, 1.165) is 6.42 Å². The second kappa shape index (κ2) is 6.56. The van der Waals surface area contributed by atoms with Crippen molar-refractivity contribution in [3.05, 3.63) is 23.8 Å². The van der Waals surface area contributed by atoms with Crippen molar-refractivity contribution in [1.29, 1.82) is 0 Å². The lowest BCUT2D eigenvalue weighted by molar-refractivity contribution is 0.558. The maximum atomic E-state index is 9.86. The van der Waals surface area contributed by atoms with Crippen molar-refractivity contribution in [2.24, 2.45) is 4.99 Å². The number of hydrogen-bond donors (Lipinski definition) is 0. The van der Waals surface area contributed by atoms with Crippen LogP contribution in [0.3, 0.4) is 0 Å². The molecule has 0 bridgehead atoms. The largest absolute Gasteiger partial charge is 0.235 e. The highest BCUT2D eigenvalue weighted by Crippen LogP contribution is 2.02. The Hall–Kier alpha value is -1.14. The van der Waals surface area contributed by atoms with Gasteiger partial charge in [-0.25, -0.2) is 9.79 Å². The molecule has 0 fully saturated rings. The fourth-order valence-corrected chi connectivity index (χ4v) is 0.830. The van der Waals surface area contributed by atoms with E-state index >= 15 is 0 Å². The van der Waals surface area contributed by atoms with Crippen LogP contribution in [0.15, 0.2) is 28.8 Å². The smallest absolute Gasteiger partial charge is 0.211 e. The Balaban J connectivity index is 3.94. The lowest BCUT2D eigenvalue weighted by Gasteiger charge is -1.98. The first-order valence-electron chi connectivity index (χ1n) is 4.07. The van der Waals surface area contributed by atoms with Gasteiger partial charge in [-0.15, -0.1) is 0 Å². The van der Waals surface area contributed by atoms with Crippen molar-refractivity contribution in [2.45, 2.75) is 33.2 Å². The molecule has 0 rings (SSSR count). The minimum absolute atomic E-state index is 0.0442. The Morgan fingerprint density at radius 1 is 1.67 bits per heavy atom. The summed E-state index contributed by atoms with van der Waals surface area (Å²) >= 11 is 0. The molecule has 12 heavy (non-hydrogen) atoms. The van der Waals surface area contributed by atoms with Gasteiger partial charge in [0.2, 0.25) is 6.08 Å². The molecule has 0 amide bonds. The van der Waals surface area contributed by atoms with E-state index in [2.05, 4.69) is 11.1 Å². The summed E-state index contributed by atoms with van der Waals surface area (Å²) < 4.78 is 0. The van der Waals surface area contributed by atoms with Crippen LogP contribution in [-0.4, -0.2) is 12.1 Å². The molecule has 0 spiro atoms. The predicted octanol–water partition coefficient (Wildman–Crippen LogP) is 2.62. The van der Waals surface area contributed by atoms with Crippen LogP contribution in [-0.2, 0) is 4.79 Å². The zero-order valence-electron chi connectivity index (χ0n) is 7.87. The maximum Gasteiger partial charge on any atom is 0.235 e. The lowest BCUT2D eigenvalue weighted by Crippen LogP contribution is -1.94. The molecule has 0 aliphatic rings. The molecule has 0 aromatic carbocycles. The molecule has 66 valence electrons. The normalized spacial score (nSPS) is 14.4. The van der Waals surface area contributed by atoms with Gasteiger partial charge >= 0.3 is 0 Å². The average molecular weight is 165 g/mol. The van der Waals surface area contributed by atoms with Gasteiger partial charge in [-0.1, -0.05) is 23.8 Å². The maximum absolute atomic E-state index is 9.86. The zero-order valence-corrected chi connectivity index (χ0v) is 7.87. The van der Waals surface area contributed by atoms with E-state index in [-0.39, 0.29) is 6.04 Å². The van der Waals surface area contributed by atoms with E-state index in [4.69, 9.17) is 0 Å². The zero-order chi connectivity index (χ0) is 9.40. The van der Waals surface area contributed by atoms with Gasteiger partial charge in [0.1, 0.15) is 0 Å². The molecular formula is C10H15NO. The standard InChI is InChI=1S/C10H15NO/c1-4-5-9(2)6-7-10(3)11-8-12/h4-6,10H,7H2,1-3H3/b5-4-,9-6-. The van der Waals surface area contributed by atoms with Gasteiger partial charge in [0, 0.05) is 0 Å². The van der Waals surface area contributed by atoms with Crippen molar-refractivity contribution in [2.75, 3.05) is 0 Å². The SMILES string of the molecule is C/C=C\C(C)=C/CC(C)N=C=O. The molecule has 2 heteroatoms. The topological polar surface area (TPSA) is 29.4 Å². The number of allylic oxidation sites excluding steroid dienone is 3. The highest BCUT2D eigenvalue weighted by Gasteiger charge is 1.94. The average Bonchev–Trinajstić information content (AvgIpc) is 2.02. The Kier molecular flexibility index (Phi) is 5.94. The first kappa shape index (κ1) is 10.9. The van der Waals surface area contributed by atoms with Gasteiger partial charge in [-0.3, -0.25) is 0 Å². The molecule has 0 radical (unpaired) electrons. The number of carbonyl (C=O) groups excluding carboxylic acids is 1. The number of aliphatic imine (C=N–C) groups is 1. The van der Waals surface area contributed by atoms with Gasteiger partial charge in [-0.2, -0.15) is 0 Å². The van der Waals surface area contributed by atoms with E-state index in [0.29, 0.717) is 0 Å². The van der Waals surface area contributed by atoms with Crippen molar-refractivity contribution >= 4 is 6.08 Å². The first-order valence-corrected chi connectivity index (χ1v) is 4.07. The number of nitrogens with zero attached hydrogens (tertiary/aromatic N) is 1. The van der Waals surface area contributed by atoms with Gasteiger partial charge in [-0.05, 0) is 27.2 Å². The lowest BCUT2D eigenvalue weighted by atomic mass is 10.1. The monoisotopic (exact) mass is 165 g/mol. The summed E-state index contributed by atoms with van der Waals surface area (Å²) in [5.41, 5.74) is 1.20. The molecule has 1 atom stereocenters. The third-order valence-corrected chi connectivity index (χ3v) is 1.48. The first-order chi connectivity index (χ1) is 5.70. The summed E-state index contributed by atoms with van der Waals surface area (Å²) in [6.45, 7) is 5.89. The molecule has 0 aromatic rings. The van der Waals surface area contributed by atoms with Crippen LogP contribution in [0.1, 0.15) is 27.2 Å². The quantitative estimate of drug-likeness (QED) is 0.357. The predicted molar refractivity (Wildman–Crippen MR) is 50.8 cm³/mol. The molecule has 0 saturated heterocycles. The number of isocyanates is 1. The number of rotatable bonds is 4. The Labute approximate surface area is 73.7 Å². The van der Waals surface area contributed by atoms with Crippen molar-refractivity contribution in [3.8, 4) is 0 Å². The van der Waals surface area contributed by atoms with Crippen molar-refractivity contribution in [3.63, 3.8) is 0 Å². The fourth-order valence-electron chi connectivity index (χ4n) is 0.830. The van der Waals surface area contributed by atoms with E-state index in [1.54, 1.807) is 6.08 Å². The van der Waals surface area contributed by atoms with Crippen LogP contribution >= 0.6 is 0 Å². The van der Waals surface area contributed by atoms with Gasteiger partial charge in [0.15, 0.2) is 0 Å². The fraction of sp³-hybridized carbons (Fsp3) is 0.500. The summed E-state index contributed by atoms with van der Waals surface area (Å²) in [5, 5.41) is 0.